The number of fused-ring (bicyclic) bond motifs is 4. The summed E-state index contributed by atoms with van der Waals surface area (Å²) >= 11 is 0. The highest BCUT2D eigenvalue weighted by atomic mass is 35.5. The van der Waals surface area contributed by atoms with Gasteiger partial charge in [-0.25, -0.2) is 0 Å². The molecule has 0 atom stereocenters. The van der Waals surface area contributed by atoms with Crippen LogP contribution in [-0.4, -0.2) is 38.1 Å². The number of halogens is 1. The van der Waals surface area contributed by atoms with Gasteiger partial charge in [0.25, 0.3) is 0 Å². The van der Waals surface area contributed by atoms with Gasteiger partial charge in [0, 0.05) is 47.0 Å². The Balaban J connectivity index is 0.000000164. The van der Waals surface area contributed by atoms with Gasteiger partial charge in [0.2, 0.25) is 0 Å². The largest absolute Gasteiger partial charge is 0.355 e. The van der Waals surface area contributed by atoms with Crippen LogP contribution in [0.5, 0.6) is 0 Å². The normalized spacial score (nSPS) is 15.1. The van der Waals surface area contributed by atoms with Crippen LogP contribution in [0.15, 0.2) is 97.1 Å². The summed E-state index contributed by atoms with van der Waals surface area (Å²) in [4.78, 5) is 2.60. The topological polar surface area (TPSA) is 39.3 Å². The van der Waals surface area contributed by atoms with Gasteiger partial charge in [-0.15, -0.1) is 12.4 Å². The predicted molar refractivity (Wildman–Crippen MR) is 180 cm³/mol. The maximum absolute atomic E-state index is 3.60. The van der Waals surface area contributed by atoms with Crippen LogP contribution in [0.4, 0.5) is 22.7 Å². The SMILES string of the molecule is C1=C(CN2CCCCC2)c2ccccc2Nc2ccccc21.CNCC1=Cc2ccccc2Nc2ccccc21.Cl. The first kappa shape index (κ1) is 28.7. The first-order valence-corrected chi connectivity index (χ1v) is 14.5. The van der Waals surface area contributed by atoms with Crippen molar-refractivity contribution in [3.8, 4) is 0 Å². The van der Waals surface area contributed by atoms with E-state index in [0.29, 0.717) is 0 Å². The Morgan fingerprint density at radius 2 is 1.05 bits per heavy atom. The van der Waals surface area contributed by atoms with Crippen molar-refractivity contribution in [2.45, 2.75) is 19.3 Å². The van der Waals surface area contributed by atoms with Crippen LogP contribution in [-0.2, 0) is 0 Å². The van der Waals surface area contributed by atoms with Gasteiger partial charge in [0.05, 0.1) is 0 Å². The standard InChI is InChI=1S/C20H22N2.C16H16N2.ClH/c1-6-12-22(13-7-1)15-17-14-16-8-2-4-10-19(16)21-20-11-5-3-9-18(17)20;1-17-11-13-10-12-6-2-4-8-15(12)18-16-9-5-3-7-14(13)16;/h2-5,8-11,14,21H,1,6-7,12-13,15H2;2-10,17-18H,11H2,1H3;1H. The quantitative estimate of drug-likeness (QED) is 0.232. The average molecular weight is 563 g/mol. The van der Waals surface area contributed by atoms with Gasteiger partial charge in [0.15, 0.2) is 0 Å². The summed E-state index contributed by atoms with van der Waals surface area (Å²) in [6.45, 7) is 4.38. The molecule has 3 aliphatic heterocycles. The number of nitrogens with zero attached hydrogens (tertiary/aromatic N) is 1. The molecule has 3 N–H and O–H groups in total. The number of likely N-dealkylation sites (N-methyl/N-ethyl adjacent to an activating group) is 1. The zero-order valence-corrected chi connectivity index (χ0v) is 24.5. The van der Waals surface area contributed by atoms with Crippen molar-refractivity contribution in [2.75, 3.05) is 43.9 Å². The van der Waals surface area contributed by atoms with E-state index in [1.807, 2.05) is 7.05 Å². The number of hydrogen-bond donors (Lipinski definition) is 3. The molecular weight excluding hydrogens is 524 g/mol. The Labute approximate surface area is 250 Å². The predicted octanol–water partition coefficient (Wildman–Crippen LogP) is 8.70. The molecule has 0 aromatic heterocycles. The molecule has 4 nitrogen and oxygen atoms in total. The van der Waals surface area contributed by atoms with Crippen LogP contribution < -0.4 is 16.0 Å². The Morgan fingerprint density at radius 1 is 0.585 bits per heavy atom. The lowest BCUT2D eigenvalue weighted by Gasteiger charge is -2.27. The van der Waals surface area contributed by atoms with Crippen molar-refractivity contribution in [3.63, 3.8) is 0 Å². The van der Waals surface area contributed by atoms with Crippen molar-refractivity contribution < 1.29 is 0 Å². The molecule has 0 spiro atoms. The maximum Gasteiger partial charge on any atom is 0.0461 e. The molecule has 4 aromatic carbocycles. The molecule has 4 aromatic rings. The van der Waals surface area contributed by atoms with E-state index in [4.69, 9.17) is 0 Å². The number of likely N-dealkylation sites (tertiary alicyclic amines) is 1. The van der Waals surface area contributed by atoms with E-state index < -0.39 is 0 Å². The van der Waals surface area contributed by atoms with Crippen molar-refractivity contribution in [3.05, 3.63) is 119 Å². The lowest BCUT2D eigenvalue weighted by Crippen LogP contribution is -2.31. The highest BCUT2D eigenvalue weighted by Gasteiger charge is 2.18. The minimum absolute atomic E-state index is 0. The fourth-order valence-electron chi connectivity index (χ4n) is 5.86. The number of piperidine rings is 1. The van der Waals surface area contributed by atoms with Crippen LogP contribution in [0.25, 0.3) is 23.3 Å². The molecule has 0 saturated carbocycles. The number of para-hydroxylation sites is 4. The summed E-state index contributed by atoms with van der Waals surface area (Å²) in [6, 6.07) is 34.1. The number of benzene rings is 4. The monoisotopic (exact) mass is 562 g/mol. The van der Waals surface area contributed by atoms with Crippen LogP contribution in [0.2, 0.25) is 0 Å². The molecule has 3 heterocycles. The van der Waals surface area contributed by atoms with E-state index in [2.05, 4.69) is 130 Å². The van der Waals surface area contributed by atoms with E-state index in [1.165, 1.54) is 82.8 Å². The lowest BCUT2D eigenvalue weighted by atomic mass is 10.0. The average Bonchev–Trinajstić information content (AvgIpc) is 3.26. The first-order chi connectivity index (χ1) is 19.8. The second kappa shape index (κ2) is 13.7. The molecule has 5 heteroatoms. The summed E-state index contributed by atoms with van der Waals surface area (Å²) in [6.07, 6.45) is 8.68. The molecule has 0 amide bonds. The molecule has 7 rings (SSSR count). The van der Waals surface area contributed by atoms with Crippen LogP contribution >= 0.6 is 12.4 Å². The molecule has 1 saturated heterocycles. The first-order valence-electron chi connectivity index (χ1n) is 14.5. The molecule has 3 aliphatic rings. The minimum Gasteiger partial charge on any atom is -0.355 e. The highest BCUT2D eigenvalue weighted by Crippen LogP contribution is 2.36. The molecule has 0 unspecified atom stereocenters. The fraction of sp³-hybridized carbons (Fsp3) is 0.222. The number of nitrogens with one attached hydrogen (secondary N) is 3. The molecule has 41 heavy (non-hydrogen) atoms. The Bertz CT molecular complexity index is 1530. The van der Waals surface area contributed by atoms with Crippen LogP contribution in [0.1, 0.15) is 41.5 Å². The molecule has 0 bridgehead atoms. The smallest absolute Gasteiger partial charge is 0.0461 e. The van der Waals surface area contributed by atoms with Gasteiger partial charge in [0.1, 0.15) is 0 Å². The third-order valence-electron chi connectivity index (χ3n) is 7.88. The number of anilines is 4. The van der Waals surface area contributed by atoms with E-state index in [-0.39, 0.29) is 12.4 Å². The third kappa shape index (κ3) is 6.74. The van der Waals surface area contributed by atoms with Gasteiger partial charge in [-0.3, -0.25) is 4.90 Å². The zero-order valence-electron chi connectivity index (χ0n) is 23.7. The molecule has 1 fully saturated rings. The van der Waals surface area contributed by atoms with Crippen molar-refractivity contribution in [1.82, 2.24) is 10.2 Å². The van der Waals surface area contributed by atoms with Crippen molar-refractivity contribution >= 4 is 58.5 Å². The Morgan fingerprint density at radius 3 is 1.61 bits per heavy atom. The van der Waals surface area contributed by atoms with E-state index in [9.17, 15) is 0 Å². The summed E-state index contributed by atoms with van der Waals surface area (Å²) < 4.78 is 0. The van der Waals surface area contributed by atoms with Gasteiger partial charge in [-0.1, -0.05) is 79.2 Å². The van der Waals surface area contributed by atoms with Crippen molar-refractivity contribution in [1.29, 1.82) is 0 Å². The van der Waals surface area contributed by atoms with Gasteiger partial charge >= 0.3 is 0 Å². The molecule has 0 aliphatic carbocycles. The second-order valence-corrected chi connectivity index (χ2v) is 10.7. The zero-order chi connectivity index (χ0) is 27.1. The van der Waals surface area contributed by atoms with E-state index in [1.54, 1.807) is 0 Å². The summed E-state index contributed by atoms with van der Waals surface area (Å²) in [5.74, 6) is 0. The van der Waals surface area contributed by atoms with Crippen LogP contribution in [0.3, 0.4) is 0 Å². The second-order valence-electron chi connectivity index (χ2n) is 10.7. The molecule has 0 radical (unpaired) electrons. The summed E-state index contributed by atoms with van der Waals surface area (Å²) in [5, 5.41) is 10.4. The number of rotatable bonds is 4. The number of hydrogen-bond acceptors (Lipinski definition) is 4. The third-order valence-corrected chi connectivity index (χ3v) is 7.88. The van der Waals surface area contributed by atoms with Crippen LogP contribution in [0, 0.1) is 0 Å². The molecule has 210 valence electrons. The van der Waals surface area contributed by atoms with E-state index in [0.717, 1.165) is 18.8 Å². The lowest BCUT2D eigenvalue weighted by molar-refractivity contribution is 0.255. The minimum atomic E-state index is 0. The summed E-state index contributed by atoms with van der Waals surface area (Å²) in [7, 11) is 1.98. The molecular formula is C36H39ClN4. The maximum atomic E-state index is 3.60. The Hall–Kier alpha value is -3.83. The fourth-order valence-corrected chi connectivity index (χ4v) is 5.86. The Kier molecular flexibility index (Phi) is 9.58. The van der Waals surface area contributed by atoms with E-state index >= 15 is 0 Å². The van der Waals surface area contributed by atoms with Crippen molar-refractivity contribution in [2.24, 2.45) is 0 Å². The highest BCUT2D eigenvalue weighted by molar-refractivity contribution is 5.95. The van der Waals surface area contributed by atoms with Gasteiger partial charge in [-0.05, 0) is 91.7 Å². The summed E-state index contributed by atoms with van der Waals surface area (Å²) in [5.41, 5.74) is 12.6. The van der Waals surface area contributed by atoms with Gasteiger partial charge in [-0.2, -0.15) is 0 Å². The van der Waals surface area contributed by atoms with Gasteiger partial charge < -0.3 is 16.0 Å².